The molecule has 1 atom stereocenters. The number of piperidine rings is 1. The summed E-state index contributed by atoms with van der Waals surface area (Å²) in [5.74, 6) is -3.20. The molecule has 1 unspecified atom stereocenters. The average Bonchev–Trinajstić information content (AvgIpc) is 3.39. The highest BCUT2D eigenvalue weighted by Gasteiger charge is 2.49. The van der Waals surface area contributed by atoms with E-state index in [4.69, 9.17) is 4.74 Å². The van der Waals surface area contributed by atoms with Gasteiger partial charge in [-0.1, -0.05) is 49.2 Å². The Bertz CT molecular complexity index is 1130. The average molecular weight is 495 g/mol. The Kier molecular flexibility index (Phi) is 7.73. The fourth-order valence-corrected chi connectivity index (χ4v) is 6.14. The smallest absolute Gasteiger partial charge is 0.306 e. The summed E-state index contributed by atoms with van der Waals surface area (Å²) in [7, 11) is 0. The van der Waals surface area contributed by atoms with Crippen molar-refractivity contribution in [3.63, 3.8) is 0 Å². The van der Waals surface area contributed by atoms with Gasteiger partial charge in [-0.25, -0.2) is 8.78 Å². The first-order chi connectivity index (χ1) is 17.3. The monoisotopic (exact) mass is 494 g/mol. The lowest BCUT2D eigenvalue weighted by atomic mass is 9.64. The van der Waals surface area contributed by atoms with E-state index in [0.29, 0.717) is 31.5 Å². The molecular weight excluding hydrogens is 462 g/mol. The maximum Gasteiger partial charge on any atom is 0.306 e. The molecule has 1 heterocycles. The number of halogens is 2. The van der Waals surface area contributed by atoms with Crippen molar-refractivity contribution in [3.05, 3.63) is 71.3 Å². The standard InChI is InChI=1S/C29H32F2N2O3/c1-2-36-26(34)19-28(23(20-32)21-10-11-24(30)25(31)18-21)14-16-33(17-15-28)27(35)29(12-6-7-13-29)22-8-4-3-5-9-22/h3-5,8-11,18,23H,2,6-7,12-17,19H2,1H3. The Hall–Kier alpha value is -3.27. The highest BCUT2D eigenvalue weighted by atomic mass is 19.2. The van der Waals surface area contributed by atoms with Gasteiger partial charge in [-0.2, -0.15) is 5.26 Å². The topological polar surface area (TPSA) is 70.4 Å². The Labute approximate surface area is 211 Å². The maximum absolute atomic E-state index is 14.1. The number of hydrogen-bond donors (Lipinski definition) is 0. The molecule has 1 amide bonds. The number of nitrogens with zero attached hydrogens (tertiary/aromatic N) is 2. The number of ether oxygens (including phenoxy) is 1. The van der Waals surface area contributed by atoms with Crippen molar-refractivity contribution in [2.24, 2.45) is 5.41 Å². The Morgan fingerprint density at radius 3 is 2.28 bits per heavy atom. The van der Waals surface area contributed by atoms with Gasteiger partial charge in [0, 0.05) is 18.5 Å². The summed E-state index contributed by atoms with van der Waals surface area (Å²) in [6.45, 7) is 2.69. The number of rotatable bonds is 7. The van der Waals surface area contributed by atoms with Gasteiger partial charge in [0.25, 0.3) is 0 Å². The summed E-state index contributed by atoms with van der Waals surface area (Å²) >= 11 is 0. The molecule has 5 nitrogen and oxygen atoms in total. The highest BCUT2D eigenvalue weighted by molar-refractivity contribution is 5.88. The fraction of sp³-hybridized carbons (Fsp3) is 0.483. The Morgan fingerprint density at radius 2 is 1.69 bits per heavy atom. The molecule has 2 aromatic carbocycles. The van der Waals surface area contributed by atoms with Crippen LogP contribution in [-0.4, -0.2) is 36.5 Å². The first-order valence-electron chi connectivity index (χ1n) is 12.7. The van der Waals surface area contributed by atoms with E-state index in [1.807, 2.05) is 35.2 Å². The summed E-state index contributed by atoms with van der Waals surface area (Å²) < 4.78 is 32.9. The van der Waals surface area contributed by atoms with E-state index in [-0.39, 0.29) is 18.9 Å². The molecule has 0 aromatic heterocycles. The maximum atomic E-state index is 14.1. The van der Waals surface area contributed by atoms with Crippen LogP contribution in [0.15, 0.2) is 48.5 Å². The molecule has 1 aliphatic carbocycles. The van der Waals surface area contributed by atoms with Crippen LogP contribution in [0.1, 0.15) is 68.9 Å². The molecule has 1 aliphatic heterocycles. The molecule has 0 N–H and O–H groups in total. The molecule has 1 saturated heterocycles. The van der Waals surface area contributed by atoms with Crippen LogP contribution in [0.4, 0.5) is 8.78 Å². The van der Waals surface area contributed by atoms with Crippen LogP contribution in [0.25, 0.3) is 0 Å². The van der Waals surface area contributed by atoms with E-state index >= 15 is 0 Å². The highest BCUT2D eigenvalue weighted by Crippen LogP contribution is 2.49. The van der Waals surface area contributed by atoms with Gasteiger partial charge in [0.1, 0.15) is 0 Å². The summed E-state index contributed by atoms with van der Waals surface area (Å²) in [4.78, 5) is 28.4. The molecule has 7 heteroatoms. The van der Waals surface area contributed by atoms with Crippen molar-refractivity contribution in [2.75, 3.05) is 19.7 Å². The first-order valence-corrected chi connectivity index (χ1v) is 12.7. The van der Waals surface area contributed by atoms with Crippen LogP contribution in [0.3, 0.4) is 0 Å². The zero-order valence-electron chi connectivity index (χ0n) is 20.6. The zero-order chi connectivity index (χ0) is 25.8. The van der Waals surface area contributed by atoms with Crippen LogP contribution in [0.2, 0.25) is 0 Å². The van der Waals surface area contributed by atoms with Crippen LogP contribution in [-0.2, 0) is 19.7 Å². The Morgan fingerprint density at radius 1 is 1.03 bits per heavy atom. The number of nitriles is 1. The normalized spacial score (nSPS) is 19.3. The van der Waals surface area contributed by atoms with E-state index in [1.54, 1.807) is 6.92 Å². The number of benzene rings is 2. The van der Waals surface area contributed by atoms with Crippen molar-refractivity contribution in [3.8, 4) is 6.07 Å². The minimum Gasteiger partial charge on any atom is -0.466 e. The summed E-state index contributed by atoms with van der Waals surface area (Å²) in [5.41, 5.74) is -0.0287. The van der Waals surface area contributed by atoms with E-state index < -0.39 is 34.4 Å². The second-order valence-electron chi connectivity index (χ2n) is 10.0. The van der Waals surface area contributed by atoms with Gasteiger partial charge in [0.05, 0.1) is 30.4 Å². The lowest BCUT2D eigenvalue weighted by Crippen LogP contribution is -2.52. The number of carbonyl (C=O) groups excluding carboxylic acids is 2. The summed E-state index contributed by atoms with van der Waals surface area (Å²) in [6.07, 6.45) is 4.34. The molecule has 1 saturated carbocycles. The fourth-order valence-electron chi connectivity index (χ4n) is 6.14. The number of hydrogen-bond acceptors (Lipinski definition) is 4. The summed E-state index contributed by atoms with van der Waals surface area (Å²) in [5, 5.41) is 10.1. The SMILES string of the molecule is CCOC(=O)CC1(C(C#N)c2ccc(F)c(F)c2)CCN(C(=O)C2(c3ccccc3)CCCC2)CC1. The molecule has 0 spiro atoms. The van der Waals surface area contributed by atoms with E-state index in [0.717, 1.165) is 43.4 Å². The van der Waals surface area contributed by atoms with Gasteiger partial charge in [0.2, 0.25) is 5.91 Å². The van der Waals surface area contributed by atoms with Crippen LogP contribution < -0.4 is 0 Å². The van der Waals surface area contributed by atoms with Crippen molar-refractivity contribution in [1.82, 2.24) is 4.90 Å². The quantitative estimate of drug-likeness (QED) is 0.467. The molecule has 4 rings (SSSR count). The van der Waals surface area contributed by atoms with E-state index in [9.17, 15) is 23.6 Å². The predicted molar refractivity (Wildman–Crippen MR) is 131 cm³/mol. The number of esters is 1. The van der Waals surface area contributed by atoms with Crippen LogP contribution in [0.5, 0.6) is 0 Å². The van der Waals surface area contributed by atoms with Crippen LogP contribution >= 0.6 is 0 Å². The van der Waals surface area contributed by atoms with E-state index in [2.05, 4.69) is 6.07 Å². The van der Waals surface area contributed by atoms with Gasteiger partial charge >= 0.3 is 5.97 Å². The van der Waals surface area contributed by atoms with E-state index in [1.165, 1.54) is 6.07 Å². The molecule has 0 radical (unpaired) electrons. The van der Waals surface area contributed by atoms with Crippen molar-refractivity contribution >= 4 is 11.9 Å². The van der Waals surface area contributed by atoms with Crippen molar-refractivity contribution < 1.29 is 23.1 Å². The van der Waals surface area contributed by atoms with Crippen molar-refractivity contribution in [2.45, 2.75) is 63.2 Å². The third-order valence-corrected chi connectivity index (χ3v) is 8.06. The molecule has 2 aromatic rings. The molecule has 0 bridgehead atoms. The minimum absolute atomic E-state index is 0.0239. The first kappa shape index (κ1) is 25.8. The lowest BCUT2D eigenvalue weighted by molar-refractivity contribution is -0.148. The molecule has 36 heavy (non-hydrogen) atoms. The zero-order valence-corrected chi connectivity index (χ0v) is 20.6. The lowest BCUT2D eigenvalue weighted by Gasteiger charge is -2.46. The van der Waals surface area contributed by atoms with Crippen LogP contribution in [0, 0.1) is 28.4 Å². The number of carbonyl (C=O) groups is 2. The van der Waals surface area contributed by atoms with Gasteiger partial charge in [0.15, 0.2) is 11.6 Å². The largest absolute Gasteiger partial charge is 0.466 e. The van der Waals surface area contributed by atoms with Gasteiger partial charge in [-0.05, 0) is 55.9 Å². The van der Waals surface area contributed by atoms with Gasteiger partial charge in [-0.3, -0.25) is 9.59 Å². The number of amides is 1. The molecule has 190 valence electrons. The Balaban J connectivity index is 1.61. The summed E-state index contributed by atoms with van der Waals surface area (Å²) in [6, 6.07) is 15.6. The van der Waals surface area contributed by atoms with Crippen molar-refractivity contribution in [1.29, 1.82) is 5.26 Å². The van der Waals surface area contributed by atoms with Gasteiger partial charge in [-0.15, -0.1) is 0 Å². The predicted octanol–water partition coefficient (Wildman–Crippen LogP) is 5.65. The second-order valence-corrected chi connectivity index (χ2v) is 10.0. The number of likely N-dealkylation sites (tertiary alicyclic amines) is 1. The molecular formula is C29H32F2N2O3. The molecule has 2 fully saturated rings. The second kappa shape index (κ2) is 10.8. The third kappa shape index (κ3) is 4.86. The molecule has 2 aliphatic rings. The third-order valence-electron chi connectivity index (χ3n) is 8.06. The minimum atomic E-state index is -1.03. The van der Waals surface area contributed by atoms with Gasteiger partial charge < -0.3 is 9.64 Å².